The van der Waals surface area contributed by atoms with Gasteiger partial charge in [-0.1, -0.05) is 11.6 Å². The van der Waals surface area contributed by atoms with Crippen molar-refractivity contribution in [1.82, 2.24) is 9.63 Å². The van der Waals surface area contributed by atoms with Gasteiger partial charge in [0.05, 0.1) is 4.90 Å². The van der Waals surface area contributed by atoms with Gasteiger partial charge in [-0.05, 0) is 60.7 Å². The number of halogens is 1. The zero-order valence-corrected chi connectivity index (χ0v) is 20.6. The van der Waals surface area contributed by atoms with E-state index < -0.39 is 15.6 Å². The van der Waals surface area contributed by atoms with Gasteiger partial charge in [-0.15, -0.1) is 0 Å². The van der Waals surface area contributed by atoms with Crippen molar-refractivity contribution in [2.45, 2.75) is 4.90 Å². The molecule has 11 heteroatoms. The van der Waals surface area contributed by atoms with E-state index in [9.17, 15) is 18.4 Å². The van der Waals surface area contributed by atoms with Gasteiger partial charge in [0.25, 0.3) is 10.0 Å². The second-order valence-electron chi connectivity index (χ2n) is 7.60. The van der Waals surface area contributed by atoms with E-state index in [1.54, 1.807) is 36.4 Å². The number of benzene rings is 2. The fourth-order valence-corrected chi connectivity index (χ4v) is 6.09. The largest absolute Gasteiger partial charge is 0.457 e. The minimum atomic E-state index is -4.09. The minimum absolute atomic E-state index is 0.0119. The van der Waals surface area contributed by atoms with Gasteiger partial charge >= 0.3 is 5.56 Å². The smallest absolute Gasteiger partial charge is 0.307 e. The summed E-state index contributed by atoms with van der Waals surface area (Å²) >= 11 is 7.75. The average molecular weight is 522 g/mol. The number of aromatic nitrogens is 1. The second kappa shape index (κ2) is 10.7. The first kappa shape index (κ1) is 24.5. The summed E-state index contributed by atoms with van der Waals surface area (Å²) in [5.41, 5.74) is -0.916. The Morgan fingerprint density at radius 2 is 1.62 bits per heavy atom. The maximum atomic E-state index is 13.6. The summed E-state index contributed by atoms with van der Waals surface area (Å²) in [4.78, 5) is 14.8. The number of hydrogen-bond acceptors (Lipinski definition) is 7. The number of thioether (sulfide) groups is 1. The van der Waals surface area contributed by atoms with E-state index in [2.05, 4.69) is 4.90 Å². The molecular formula is C23H24ClN3O5S2. The summed E-state index contributed by atoms with van der Waals surface area (Å²) in [7, 11) is -4.09. The van der Waals surface area contributed by atoms with Crippen molar-refractivity contribution >= 4 is 39.1 Å². The minimum Gasteiger partial charge on any atom is -0.457 e. The Kier molecular flexibility index (Phi) is 7.72. The number of rotatable bonds is 8. The molecule has 2 heterocycles. The molecule has 1 N–H and O–H groups in total. The molecule has 1 aromatic heterocycles. The van der Waals surface area contributed by atoms with E-state index in [0.717, 1.165) is 28.9 Å². The van der Waals surface area contributed by atoms with Crippen LogP contribution in [0.1, 0.15) is 0 Å². The van der Waals surface area contributed by atoms with Gasteiger partial charge in [0.1, 0.15) is 17.2 Å². The molecule has 0 unspecified atom stereocenters. The Hall–Kier alpha value is -2.66. The van der Waals surface area contributed by atoms with Gasteiger partial charge in [-0.25, -0.2) is 8.42 Å². The molecule has 180 valence electrons. The van der Waals surface area contributed by atoms with Gasteiger partial charge in [-0.3, -0.25) is 14.0 Å². The van der Waals surface area contributed by atoms with E-state index in [-0.39, 0.29) is 17.1 Å². The Morgan fingerprint density at radius 1 is 1.00 bits per heavy atom. The summed E-state index contributed by atoms with van der Waals surface area (Å²) in [6.07, 6.45) is 1.17. The lowest BCUT2D eigenvalue weighted by Crippen LogP contribution is -2.43. The van der Waals surface area contributed by atoms with Gasteiger partial charge in [0.15, 0.2) is 0 Å². The third-order valence-corrected chi connectivity index (χ3v) is 8.38. The SMILES string of the molecule is O=c1c(N(CCN2CCSCC2)S(=O)(=O)c2ccc(Oc3ccc(Cl)cc3)cc2)cccn1O. The van der Waals surface area contributed by atoms with Crippen molar-refractivity contribution in [3.63, 3.8) is 0 Å². The van der Waals surface area contributed by atoms with Crippen LogP contribution in [0.15, 0.2) is 76.6 Å². The highest BCUT2D eigenvalue weighted by atomic mass is 35.5. The van der Waals surface area contributed by atoms with Gasteiger partial charge < -0.3 is 9.94 Å². The van der Waals surface area contributed by atoms with Crippen molar-refractivity contribution in [3.8, 4) is 11.5 Å². The Labute approximate surface area is 207 Å². The van der Waals surface area contributed by atoms with Crippen LogP contribution in [-0.2, 0) is 10.0 Å². The lowest BCUT2D eigenvalue weighted by molar-refractivity contribution is 0.175. The van der Waals surface area contributed by atoms with Crippen LogP contribution in [0.4, 0.5) is 5.69 Å². The highest BCUT2D eigenvalue weighted by Gasteiger charge is 2.28. The van der Waals surface area contributed by atoms with Crippen molar-refractivity contribution in [2.75, 3.05) is 42.0 Å². The monoisotopic (exact) mass is 521 g/mol. The number of hydrogen-bond donors (Lipinski definition) is 1. The molecule has 0 spiro atoms. The molecule has 34 heavy (non-hydrogen) atoms. The number of anilines is 1. The average Bonchev–Trinajstić information content (AvgIpc) is 2.84. The van der Waals surface area contributed by atoms with Crippen LogP contribution in [0.25, 0.3) is 0 Å². The van der Waals surface area contributed by atoms with Crippen LogP contribution >= 0.6 is 23.4 Å². The molecule has 4 rings (SSSR count). The molecule has 0 bridgehead atoms. The zero-order chi connectivity index (χ0) is 24.1. The summed E-state index contributed by atoms with van der Waals surface area (Å²) in [6.45, 7) is 2.26. The molecule has 1 aliphatic rings. The highest BCUT2D eigenvalue weighted by molar-refractivity contribution is 7.99. The van der Waals surface area contributed by atoms with E-state index in [1.807, 2.05) is 11.8 Å². The summed E-state index contributed by atoms with van der Waals surface area (Å²) in [5.74, 6) is 2.98. The standard InChI is InChI=1S/C23H24ClN3O5S2/c24-18-3-5-19(6-4-18)32-20-7-9-21(10-8-20)34(30,31)27(13-12-25-14-16-33-17-15-25)22-2-1-11-26(29)23(22)28/h1-11,29H,12-17H2. The maximum absolute atomic E-state index is 13.6. The first-order valence-electron chi connectivity index (χ1n) is 10.6. The maximum Gasteiger partial charge on any atom is 0.307 e. The van der Waals surface area contributed by atoms with Gasteiger partial charge in [0.2, 0.25) is 0 Å². The van der Waals surface area contributed by atoms with E-state index >= 15 is 0 Å². The Balaban J connectivity index is 1.60. The molecule has 0 radical (unpaired) electrons. The van der Waals surface area contributed by atoms with Crippen LogP contribution in [-0.4, -0.2) is 60.9 Å². The highest BCUT2D eigenvalue weighted by Crippen LogP contribution is 2.27. The fraction of sp³-hybridized carbons (Fsp3) is 0.261. The Bertz CT molecular complexity index is 1280. The fourth-order valence-electron chi connectivity index (χ4n) is 3.53. The number of sulfonamides is 1. The van der Waals surface area contributed by atoms with Crippen LogP contribution in [0.3, 0.4) is 0 Å². The van der Waals surface area contributed by atoms with Crippen molar-refractivity contribution < 1.29 is 18.4 Å². The quantitative estimate of drug-likeness (QED) is 0.451. The predicted molar refractivity (Wildman–Crippen MR) is 134 cm³/mol. The third-order valence-electron chi connectivity index (χ3n) is 5.36. The lowest BCUT2D eigenvalue weighted by atomic mass is 10.3. The zero-order valence-electron chi connectivity index (χ0n) is 18.2. The molecule has 3 aromatic rings. The summed E-state index contributed by atoms with van der Waals surface area (Å²) in [6, 6.07) is 15.6. The molecule has 0 aliphatic carbocycles. The molecule has 0 atom stereocenters. The van der Waals surface area contributed by atoms with Crippen molar-refractivity contribution in [1.29, 1.82) is 0 Å². The predicted octanol–water partition coefficient (Wildman–Crippen LogP) is 3.78. The normalized spacial score (nSPS) is 14.6. The third kappa shape index (κ3) is 5.69. The van der Waals surface area contributed by atoms with Crippen molar-refractivity contribution in [2.24, 2.45) is 0 Å². The second-order valence-corrected chi connectivity index (χ2v) is 11.1. The summed E-state index contributed by atoms with van der Waals surface area (Å²) in [5, 5.41) is 10.4. The van der Waals surface area contributed by atoms with Gasteiger partial charge in [-0.2, -0.15) is 16.5 Å². The molecule has 1 fully saturated rings. The molecule has 0 saturated carbocycles. The van der Waals surface area contributed by atoms with Crippen LogP contribution in [0.5, 0.6) is 11.5 Å². The van der Waals surface area contributed by atoms with E-state index in [4.69, 9.17) is 16.3 Å². The first-order chi connectivity index (χ1) is 16.3. The van der Waals surface area contributed by atoms with E-state index in [1.165, 1.54) is 30.5 Å². The topological polar surface area (TPSA) is 92.1 Å². The van der Waals surface area contributed by atoms with Gasteiger partial charge in [0, 0.05) is 48.9 Å². The molecule has 1 aliphatic heterocycles. The Morgan fingerprint density at radius 3 is 2.26 bits per heavy atom. The molecule has 2 aromatic carbocycles. The van der Waals surface area contributed by atoms with Crippen LogP contribution < -0.4 is 14.6 Å². The number of pyridine rings is 1. The van der Waals surface area contributed by atoms with Crippen molar-refractivity contribution in [3.05, 3.63) is 82.2 Å². The summed E-state index contributed by atoms with van der Waals surface area (Å²) < 4.78 is 34.4. The molecular weight excluding hydrogens is 498 g/mol. The lowest BCUT2D eigenvalue weighted by Gasteiger charge is -2.30. The first-order valence-corrected chi connectivity index (χ1v) is 13.6. The molecule has 1 saturated heterocycles. The van der Waals surface area contributed by atoms with E-state index in [0.29, 0.717) is 27.8 Å². The van der Waals surface area contributed by atoms with Crippen LogP contribution in [0.2, 0.25) is 5.02 Å². The van der Waals surface area contributed by atoms with Crippen LogP contribution in [0, 0.1) is 0 Å². The molecule has 8 nitrogen and oxygen atoms in total. The number of nitrogens with zero attached hydrogens (tertiary/aromatic N) is 3. The number of ether oxygens (including phenoxy) is 1. The molecule has 0 amide bonds.